The first-order valence-electron chi connectivity index (χ1n) is 42.9. The molecule has 0 aromatic rings. The standard InChI is InChI=1S/C97H148O17P2/c1-5-9-13-17-21-25-29-33-37-41-45-49-53-57-61-65-69-73-77-81-94(99)107-87-92(113-96(101)83-79-75-71-67-63-59-55-51-47-43-39-35-31-27-23-19-15-11-7-3)89-111-115(103,104)109-85-91(98)86-110-116(105,106)112-90-93(114-97(102)84-80-76-72-68-64-60-56-52-48-44-40-36-32-28-24-20-16-12-8-4)88-108-95(100)82-78-74-70-66-62-58-54-50-46-42-38-34-30-26-22-18-14-10-6-2/h9,13,21-28,33-40,45-52,57-64,69-76,91-93,98H,5-8,10-12,14-20,29-32,41-44,53-56,65-68,77-90H2,1-4H3,(H,103,104)(H,105,106)/b13-9-,25-21-,26-22-,27-23-,28-24-,37-33-,38-34-,39-35-,40-36-,49-45-,50-46-,51-47-,52-48-,61-57-,62-58-,63-59-,64-60-,73-69-,74-70-,75-71-,76-72-/t91-,92-,93-/m1/s1. The van der Waals surface area contributed by atoms with Gasteiger partial charge in [0.2, 0.25) is 0 Å². The molecule has 17 nitrogen and oxygen atoms in total. The molecule has 0 radical (unpaired) electrons. The lowest BCUT2D eigenvalue weighted by atomic mass is 10.2. The van der Waals surface area contributed by atoms with E-state index in [9.17, 15) is 43.2 Å². The minimum absolute atomic E-state index is 0.00527. The van der Waals surface area contributed by atoms with Crippen LogP contribution in [0.4, 0.5) is 0 Å². The lowest BCUT2D eigenvalue weighted by molar-refractivity contribution is -0.161. The maximum absolute atomic E-state index is 13.1. The zero-order valence-electron chi connectivity index (χ0n) is 71.0. The molecule has 0 heterocycles. The Hall–Kier alpha value is -7.40. The molecule has 0 saturated heterocycles. The van der Waals surface area contributed by atoms with Crippen molar-refractivity contribution in [1.82, 2.24) is 0 Å². The van der Waals surface area contributed by atoms with Crippen LogP contribution in [0.1, 0.15) is 272 Å². The number of hydrogen-bond donors (Lipinski definition) is 3. The second-order valence-electron chi connectivity index (χ2n) is 27.3. The molecule has 2 unspecified atom stereocenters. The highest BCUT2D eigenvalue weighted by Gasteiger charge is 2.30. The summed E-state index contributed by atoms with van der Waals surface area (Å²) in [5.74, 6) is -2.60. The number of phosphoric ester groups is 2. The summed E-state index contributed by atoms with van der Waals surface area (Å²) < 4.78 is 68.4. The third-order valence-corrected chi connectivity index (χ3v) is 18.4. The highest BCUT2D eigenvalue weighted by atomic mass is 31.2. The van der Waals surface area contributed by atoms with Gasteiger partial charge in [-0.3, -0.25) is 37.3 Å². The summed E-state index contributed by atoms with van der Waals surface area (Å²) in [6.45, 7) is 4.29. The molecule has 0 aliphatic rings. The molecule has 3 N–H and O–H groups in total. The van der Waals surface area contributed by atoms with Gasteiger partial charge in [-0.25, -0.2) is 9.13 Å². The smallest absolute Gasteiger partial charge is 0.462 e. The summed E-state index contributed by atoms with van der Waals surface area (Å²) in [5, 5.41) is 10.7. The molecule has 0 rings (SSSR count). The predicted octanol–water partition coefficient (Wildman–Crippen LogP) is 26.1. The van der Waals surface area contributed by atoms with Gasteiger partial charge in [0.25, 0.3) is 0 Å². The van der Waals surface area contributed by atoms with E-state index in [0.717, 1.165) is 109 Å². The second kappa shape index (κ2) is 85.5. The summed E-state index contributed by atoms with van der Waals surface area (Å²) in [6, 6.07) is 0. The molecule has 0 fully saturated rings. The number of carbonyl (C=O) groups excluding carboxylic acids is 4. The molecule has 0 aromatic carbocycles. The van der Waals surface area contributed by atoms with Gasteiger partial charge >= 0.3 is 39.5 Å². The number of carbonyl (C=O) groups is 4. The molecule has 19 heteroatoms. The molecule has 648 valence electrons. The lowest BCUT2D eigenvalue weighted by Gasteiger charge is -2.21. The summed E-state index contributed by atoms with van der Waals surface area (Å²) in [7, 11) is -10.1. The number of hydrogen-bond acceptors (Lipinski definition) is 15. The molecular weight excluding hydrogens is 1500 g/mol. The van der Waals surface area contributed by atoms with Crippen LogP contribution in [0.15, 0.2) is 255 Å². The van der Waals surface area contributed by atoms with Crippen molar-refractivity contribution in [3.8, 4) is 0 Å². The van der Waals surface area contributed by atoms with E-state index in [0.29, 0.717) is 51.4 Å². The van der Waals surface area contributed by atoms with Crippen molar-refractivity contribution >= 4 is 39.5 Å². The van der Waals surface area contributed by atoms with Crippen LogP contribution in [0.25, 0.3) is 0 Å². The van der Waals surface area contributed by atoms with Gasteiger partial charge in [0, 0.05) is 25.7 Å². The van der Waals surface area contributed by atoms with Crippen molar-refractivity contribution in [1.29, 1.82) is 0 Å². The van der Waals surface area contributed by atoms with Crippen molar-refractivity contribution in [2.75, 3.05) is 39.6 Å². The first kappa shape index (κ1) is 109. The minimum Gasteiger partial charge on any atom is -0.462 e. The van der Waals surface area contributed by atoms with Crippen LogP contribution < -0.4 is 0 Å². The monoisotopic (exact) mass is 1650 g/mol. The Bertz CT molecular complexity index is 3210. The Morgan fingerprint density at radius 3 is 0.655 bits per heavy atom. The number of allylic oxidation sites excluding steroid dienone is 42. The number of esters is 4. The van der Waals surface area contributed by atoms with Crippen LogP contribution in [-0.4, -0.2) is 96.7 Å². The molecule has 0 aliphatic heterocycles. The third-order valence-electron chi connectivity index (χ3n) is 16.5. The van der Waals surface area contributed by atoms with Gasteiger partial charge in [-0.15, -0.1) is 0 Å². The van der Waals surface area contributed by atoms with E-state index in [1.54, 1.807) is 0 Å². The quantitative estimate of drug-likeness (QED) is 0.0169. The van der Waals surface area contributed by atoms with Crippen molar-refractivity contribution in [3.63, 3.8) is 0 Å². The summed E-state index contributed by atoms with van der Waals surface area (Å²) in [4.78, 5) is 73.2. The Balaban J connectivity index is 5.70. The SMILES string of the molecule is CC/C=C\C/C=C\C/C=C\C/C=C\C/C=C\C/C=C\CCC(=O)OC[C@H](COP(=O)(O)OC[C@@H](O)COP(=O)(O)OC[C@@H](COC(=O)CC/C=C\C/C=C\C/C=C\C/C=C\C/C=C\CCCCC)OC(=O)CC/C=C\C/C=C\C/C=C\C/C=C\C/C=C\CCCCC)OC(=O)CC/C=C\C/C=C\C/C=C\C/C=C\C/C=C\CCCCC. The average Bonchev–Trinajstić information content (AvgIpc) is 0.898. The number of phosphoric acid groups is 2. The molecule has 5 atom stereocenters. The van der Waals surface area contributed by atoms with Crippen LogP contribution in [0.3, 0.4) is 0 Å². The highest BCUT2D eigenvalue weighted by Crippen LogP contribution is 2.45. The number of aliphatic hydroxyl groups is 1. The topological polar surface area (TPSA) is 237 Å². The Labute approximate surface area is 700 Å². The van der Waals surface area contributed by atoms with Gasteiger partial charge < -0.3 is 33.8 Å². The van der Waals surface area contributed by atoms with Gasteiger partial charge in [0.15, 0.2) is 12.2 Å². The largest absolute Gasteiger partial charge is 0.472 e. The average molecular weight is 1650 g/mol. The van der Waals surface area contributed by atoms with Crippen LogP contribution in [0.5, 0.6) is 0 Å². The van der Waals surface area contributed by atoms with Crippen LogP contribution in [0, 0.1) is 0 Å². The van der Waals surface area contributed by atoms with E-state index >= 15 is 0 Å². The van der Waals surface area contributed by atoms with Gasteiger partial charge in [0.05, 0.1) is 26.4 Å². The van der Waals surface area contributed by atoms with Crippen molar-refractivity contribution in [2.24, 2.45) is 0 Å². The normalized spacial score (nSPS) is 15.0. The molecule has 0 aliphatic carbocycles. The lowest BCUT2D eigenvalue weighted by Crippen LogP contribution is -2.30. The van der Waals surface area contributed by atoms with Crippen molar-refractivity contribution < 1.29 is 80.2 Å². The summed E-state index contributed by atoms with van der Waals surface area (Å²) in [5.41, 5.74) is 0. The van der Waals surface area contributed by atoms with E-state index in [2.05, 4.69) is 210 Å². The van der Waals surface area contributed by atoms with Crippen LogP contribution >= 0.6 is 15.6 Å². The summed E-state index contributed by atoms with van der Waals surface area (Å²) >= 11 is 0. The maximum Gasteiger partial charge on any atom is 0.472 e. The fourth-order valence-electron chi connectivity index (χ4n) is 10.0. The van der Waals surface area contributed by atoms with Gasteiger partial charge in [-0.2, -0.15) is 0 Å². The first-order valence-corrected chi connectivity index (χ1v) is 45.9. The minimum atomic E-state index is -5.05. The van der Waals surface area contributed by atoms with Crippen LogP contribution in [0.2, 0.25) is 0 Å². The third kappa shape index (κ3) is 84.5. The Kier molecular flexibility index (Phi) is 80.0. The maximum atomic E-state index is 13.1. The van der Waals surface area contributed by atoms with E-state index in [-0.39, 0.29) is 25.7 Å². The first-order chi connectivity index (χ1) is 56.7. The summed E-state index contributed by atoms with van der Waals surface area (Å²) in [6.07, 6.45) is 114. The van der Waals surface area contributed by atoms with Gasteiger partial charge in [0.1, 0.15) is 19.3 Å². The van der Waals surface area contributed by atoms with Crippen molar-refractivity contribution in [3.05, 3.63) is 255 Å². The Morgan fingerprint density at radius 1 is 0.250 bits per heavy atom. The molecule has 0 spiro atoms. The van der Waals surface area contributed by atoms with Gasteiger partial charge in [-0.05, 0) is 180 Å². The van der Waals surface area contributed by atoms with E-state index in [1.165, 1.54) is 57.8 Å². The molecule has 0 aromatic heterocycles. The molecule has 0 amide bonds. The zero-order chi connectivity index (χ0) is 84.5. The number of unbranched alkanes of at least 4 members (excludes halogenated alkanes) is 9. The van der Waals surface area contributed by atoms with E-state index < -0.39 is 97.5 Å². The van der Waals surface area contributed by atoms with Crippen molar-refractivity contribution in [2.45, 2.75) is 290 Å². The number of ether oxygens (including phenoxy) is 4. The highest BCUT2D eigenvalue weighted by molar-refractivity contribution is 7.47. The molecule has 0 saturated carbocycles. The number of rotatable bonds is 77. The molecule has 116 heavy (non-hydrogen) atoms. The predicted molar refractivity (Wildman–Crippen MR) is 481 cm³/mol. The molecular formula is C97H148O17P2. The van der Waals surface area contributed by atoms with E-state index in [1.807, 2.05) is 72.9 Å². The zero-order valence-corrected chi connectivity index (χ0v) is 72.8. The molecule has 0 bridgehead atoms. The Morgan fingerprint density at radius 2 is 0.440 bits per heavy atom. The van der Waals surface area contributed by atoms with E-state index in [4.69, 9.17) is 37.0 Å². The fraction of sp³-hybridized carbons (Fsp3) is 0.526. The fourth-order valence-corrected chi connectivity index (χ4v) is 11.6. The number of aliphatic hydroxyl groups excluding tert-OH is 1. The van der Waals surface area contributed by atoms with Gasteiger partial charge in [-0.1, -0.05) is 321 Å². The second-order valence-corrected chi connectivity index (χ2v) is 30.2. The van der Waals surface area contributed by atoms with Crippen LogP contribution in [-0.2, 0) is 65.4 Å².